The van der Waals surface area contributed by atoms with Crippen LogP contribution in [-0.4, -0.2) is 6.54 Å². The lowest BCUT2D eigenvalue weighted by molar-refractivity contribution is -0.257. The lowest BCUT2D eigenvalue weighted by Crippen LogP contribution is -1.82. The van der Waals surface area contributed by atoms with E-state index in [0.717, 1.165) is 19.4 Å². The van der Waals surface area contributed by atoms with Gasteiger partial charge in [0.2, 0.25) is 0 Å². The van der Waals surface area contributed by atoms with E-state index >= 15 is 0 Å². The molecule has 1 aliphatic heterocycles. The molecule has 13 heavy (non-hydrogen) atoms. The minimum Gasteiger partial charge on any atom is -0.274 e. The van der Waals surface area contributed by atoms with Crippen LogP contribution < -0.4 is 0 Å². The van der Waals surface area contributed by atoms with Gasteiger partial charge in [-0.3, -0.25) is 4.89 Å². The van der Waals surface area contributed by atoms with E-state index in [0.29, 0.717) is 0 Å². The average Bonchev–Trinajstić information content (AvgIpc) is 2.18. The zero-order chi connectivity index (χ0) is 9.19. The molecule has 1 aliphatic rings. The van der Waals surface area contributed by atoms with Crippen LogP contribution in [0, 0.1) is 0 Å². The van der Waals surface area contributed by atoms with Crippen LogP contribution in [0.15, 0.2) is 22.7 Å². The topological polar surface area (TPSA) is 43.2 Å². The van der Waals surface area contributed by atoms with Crippen LogP contribution in [0.4, 0.5) is 0 Å². The number of nitrogens with zero attached hydrogens (tertiary/aromatic N) is 2. The van der Waals surface area contributed by atoms with E-state index in [1.807, 2.05) is 6.08 Å². The minimum atomic E-state index is 0.729. The molecule has 0 spiro atoms. The van der Waals surface area contributed by atoms with Gasteiger partial charge in [0.15, 0.2) is 0 Å². The summed E-state index contributed by atoms with van der Waals surface area (Å²) in [7, 11) is 0. The van der Waals surface area contributed by atoms with E-state index in [1.165, 1.54) is 31.9 Å². The van der Waals surface area contributed by atoms with E-state index in [9.17, 15) is 0 Å². The lowest BCUT2D eigenvalue weighted by Gasteiger charge is -1.96. The fraction of sp³-hybridized carbons (Fsp3) is 0.778. The summed E-state index contributed by atoms with van der Waals surface area (Å²) >= 11 is 0. The molecule has 0 aromatic heterocycles. The van der Waals surface area contributed by atoms with Crippen molar-refractivity contribution in [2.45, 2.75) is 38.5 Å². The van der Waals surface area contributed by atoms with Crippen molar-refractivity contribution in [3.05, 3.63) is 12.3 Å². The number of hydrogen-bond donors (Lipinski definition) is 0. The van der Waals surface area contributed by atoms with Crippen molar-refractivity contribution in [1.29, 1.82) is 0 Å². The summed E-state index contributed by atoms with van der Waals surface area (Å²) < 4.78 is 0. The quantitative estimate of drug-likeness (QED) is 0.543. The first-order chi connectivity index (χ1) is 6.50. The first-order valence-electron chi connectivity index (χ1n) is 4.84. The molecule has 0 atom stereocenters. The van der Waals surface area contributed by atoms with Crippen LogP contribution in [0.2, 0.25) is 0 Å². The predicted molar refractivity (Wildman–Crippen MR) is 48.7 cm³/mol. The van der Waals surface area contributed by atoms with Crippen LogP contribution in [0.25, 0.3) is 0 Å². The van der Waals surface area contributed by atoms with Crippen molar-refractivity contribution in [3.8, 4) is 0 Å². The van der Waals surface area contributed by atoms with Gasteiger partial charge >= 0.3 is 0 Å². The molecule has 0 aromatic carbocycles. The molecule has 0 saturated heterocycles. The largest absolute Gasteiger partial charge is 0.274 e. The van der Waals surface area contributed by atoms with Crippen LogP contribution in [-0.2, 0) is 9.88 Å². The van der Waals surface area contributed by atoms with E-state index in [4.69, 9.17) is 0 Å². The molecule has 0 radical (unpaired) electrons. The molecule has 0 unspecified atom stereocenters. The average molecular weight is 184 g/mol. The Morgan fingerprint density at radius 1 is 1.00 bits per heavy atom. The normalized spacial score (nSPS) is 25.2. The lowest BCUT2D eigenvalue weighted by atomic mass is 10.1. The highest BCUT2D eigenvalue weighted by molar-refractivity contribution is 4.71. The van der Waals surface area contributed by atoms with Crippen molar-refractivity contribution in [2.24, 2.45) is 10.4 Å². The monoisotopic (exact) mass is 184 g/mol. The maximum absolute atomic E-state index is 4.61. The highest BCUT2D eigenvalue weighted by atomic mass is 17.3. The molecule has 0 aliphatic carbocycles. The van der Waals surface area contributed by atoms with E-state index in [-0.39, 0.29) is 0 Å². The summed E-state index contributed by atoms with van der Waals surface area (Å²) in [6.07, 6.45) is 10.6. The van der Waals surface area contributed by atoms with Crippen LogP contribution in [0.3, 0.4) is 0 Å². The Labute approximate surface area is 78.5 Å². The van der Waals surface area contributed by atoms with Crippen molar-refractivity contribution < 1.29 is 9.88 Å². The standard InChI is InChI=1S/C9H16N2O2/c1-2-4-6-8-10-11-13-12-9-7-5-3-1/h7,9H,1-6,8H2/b9-7-,11-10+. The van der Waals surface area contributed by atoms with Gasteiger partial charge in [-0.2, -0.15) is 0 Å². The Morgan fingerprint density at radius 2 is 1.85 bits per heavy atom. The van der Waals surface area contributed by atoms with Crippen LogP contribution >= 0.6 is 0 Å². The molecular formula is C9H16N2O2. The van der Waals surface area contributed by atoms with Gasteiger partial charge in [-0.25, -0.2) is 0 Å². The summed E-state index contributed by atoms with van der Waals surface area (Å²) in [6.45, 7) is 0.729. The van der Waals surface area contributed by atoms with Gasteiger partial charge in [-0.15, -0.1) is 10.1 Å². The molecule has 0 bridgehead atoms. The molecule has 4 nitrogen and oxygen atoms in total. The van der Waals surface area contributed by atoms with Crippen molar-refractivity contribution in [3.63, 3.8) is 0 Å². The summed E-state index contributed by atoms with van der Waals surface area (Å²) in [5.41, 5.74) is 0. The molecule has 1 rings (SSSR count). The highest BCUT2D eigenvalue weighted by Gasteiger charge is 1.90. The van der Waals surface area contributed by atoms with E-state index in [1.54, 1.807) is 0 Å². The van der Waals surface area contributed by atoms with Crippen molar-refractivity contribution in [1.82, 2.24) is 0 Å². The predicted octanol–water partition coefficient (Wildman–Crippen LogP) is 3.17. The maximum Gasteiger partial charge on any atom is 0.141 e. The minimum absolute atomic E-state index is 0.729. The van der Waals surface area contributed by atoms with Crippen LogP contribution in [0.1, 0.15) is 38.5 Å². The third-order valence-corrected chi connectivity index (χ3v) is 1.91. The van der Waals surface area contributed by atoms with Gasteiger partial charge in [-0.05, 0) is 25.3 Å². The number of hydrogen-bond acceptors (Lipinski definition) is 4. The van der Waals surface area contributed by atoms with Gasteiger partial charge in [0.25, 0.3) is 0 Å². The second-order valence-corrected chi connectivity index (χ2v) is 3.05. The Kier molecular flexibility index (Phi) is 5.85. The fourth-order valence-corrected chi connectivity index (χ4v) is 1.19. The Bertz CT molecular complexity index is 151. The maximum atomic E-state index is 4.61. The smallest absolute Gasteiger partial charge is 0.141 e. The Morgan fingerprint density at radius 3 is 2.85 bits per heavy atom. The first kappa shape index (κ1) is 10.0. The first-order valence-corrected chi connectivity index (χ1v) is 4.84. The molecule has 0 saturated carbocycles. The molecule has 0 N–H and O–H groups in total. The van der Waals surface area contributed by atoms with Crippen LogP contribution in [0.5, 0.6) is 0 Å². The van der Waals surface area contributed by atoms with Gasteiger partial charge in [0.1, 0.15) is 6.26 Å². The number of allylic oxidation sites excluding steroid dienone is 1. The summed E-state index contributed by atoms with van der Waals surface area (Å²) in [6, 6.07) is 0. The van der Waals surface area contributed by atoms with Crippen molar-refractivity contribution >= 4 is 0 Å². The van der Waals surface area contributed by atoms with E-state index in [2.05, 4.69) is 20.3 Å². The molecule has 0 fully saturated rings. The fourth-order valence-electron chi connectivity index (χ4n) is 1.19. The van der Waals surface area contributed by atoms with Crippen molar-refractivity contribution in [2.75, 3.05) is 6.54 Å². The summed E-state index contributed by atoms with van der Waals surface area (Å²) in [4.78, 5) is 9.02. The molecule has 1 heterocycles. The van der Waals surface area contributed by atoms with Gasteiger partial charge in [0, 0.05) is 0 Å². The Balaban J connectivity index is 2.18. The van der Waals surface area contributed by atoms with Gasteiger partial charge < -0.3 is 0 Å². The van der Waals surface area contributed by atoms with E-state index < -0.39 is 0 Å². The third-order valence-electron chi connectivity index (χ3n) is 1.91. The molecule has 74 valence electrons. The molecule has 4 heteroatoms. The molecular weight excluding hydrogens is 168 g/mol. The number of rotatable bonds is 0. The zero-order valence-corrected chi connectivity index (χ0v) is 7.82. The summed E-state index contributed by atoms with van der Waals surface area (Å²) in [5, 5.41) is 7.17. The second-order valence-electron chi connectivity index (χ2n) is 3.05. The summed E-state index contributed by atoms with van der Waals surface area (Å²) in [5.74, 6) is 0. The molecule has 0 aromatic rings. The highest BCUT2D eigenvalue weighted by Crippen LogP contribution is 2.06. The molecule has 0 amide bonds. The van der Waals surface area contributed by atoms with Gasteiger partial charge in [-0.1, -0.05) is 19.3 Å². The second kappa shape index (κ2) is 7.58. The van der Waals surface area contributed by atoms with Gasteiger partial charge in [0.05, 0.1) is 11.8 Å². The SMILES string of the molecule is C1=C\OO/N=N/CCCCCCC/1. The Hall–Kier alpha value is -1.06. The third kappa shape index (κ3) is 6.13. The zero-order valence-electron chi connectivity index (χ0n) is 7.82.